The molecule has 0 spiro atoms. The van der Waals surface area contributed by atoms with Crippen LogP contribution in [0.25, 0.3) is 44.9 Å². The molecule has 4 nitrogen and oxygen atoms in total. The van der Waals surface area contributed by atoms with Crippen molar-refractivity contribution in [3.05, 3.63) is 127 Å². The van der Waals surface area contributed by atoms with Crippen molar-refractivity contribution in [2.24, 2.45) is 0 Å². The van der Waals surface area contributed by atoms with Crippen LogP contribution in [-0.4, -0.2) is 32.6 Å². The maximum Gasteiger partial charge on any atom is 0.144 e. The van der Waals surface area contributed by atoms with Gasteiger partial charge in [0.25, 0.3) is 0 Å². The number of nitrogens with zero attached hydrogens (tertiary/aromatic N) is 4. The lowest BCUT2D eigenvalue weighted by Gasteiger charge is -2.31. The normalized spacial score (nSPS) is 15.6. The summed E-state index contributed by atoms with van der Waals surface area (Å²) >= 11 is 0. The highest BCUT2D eigenvalue weighted by atomic mass is 15.2. The lowest BCUT2D eigenvalue weighted by Crippen LogP contribution is -2.31. The Hall–Kier alpha value is -4.41. The molecule has 4 aromatic carbocycles. The molecule has 0 N–H and O–H groups in total. The van der Waals surface area contributed by atoms with E-state index in [4.69, 9.17) is 4.98 Å². The third kappa shape index (κ3) is 3.60. The van der Waals surface area contributed by atoms with Gasteiger partial charge in [-0.25, -0.2) is 4.98 Å². The second kappa shape index (κ2) is 9.16. The van der Waals surface area contributed by atoms with Gasteiger partial charge in [0.15, 0.2) is 0 Å². The molecule has 1 atom stereocenters. The molecule has 1 aliphatic heterocycles. The SMILES string of the molecule is CC1c2c(c3ccccc3n2-c2ccc(-n3c(-c4ccccc4)cnc3-c3ccccc3)cc2)CCN1C. The number of imidazole rings is 1. The number of aromatic nitrogens is 3. The third-order valence-corrected chi connectivity index (χ3v) is 8.02. The van der Waals surface area contributed by atoms with Crippen LogP contribution in [0.5, 0.6) is 0 Å². The number of likely N-dealkylation sites (N-methyl/N-ethyl adjacent to an activating group) is 1. The molecule has 1 unspecified atom stereocenters. The predicted octanol–water partition coefficient (Wildman–Crippen LogP) is 7.70. The molecule has 38 heavy (non-hydrogen) atoms. The minimum absolute atomic E-state index is 0.355. The van der Waals surface area contributed by atoms with Crippen LogP contribution in [-0.2, 0) is 6.42 Å². The minimum Gasteiger partial charge on any atom is -0.312 e. The van der Waals surface area contributed by atoms with Crippen molar-refractivity contribution >= 4 is 10.9 Å². The zero-order chi connectivity index (χ0) is 25.6. The van der Waals surface area contributed by atoms with Gasteiger partial charge in [-0.1, -0.05) is 78.9 Å². The molecule has 0 saturated heterocycles. The topological polar surface area (TPSA) is 26.0 Å². The summed E-state index contributed by atoms with van der Waals surface area (Å²) in [6.07, 6.45) is 3.07. The van der Waals surface area contributed by atoms with Crippen LogP contribution < -0.4 is 0 Å². The van der Waals surface area contributed by atoms with E-state index < -0.39 is 0 Å². The number of fused-ring (bicyclic) bond motifs is 3. The Labute approximate surface area is 223 Å². The molecule has 2 aromatic heterocycles. The Bertz CT molecular complexity index is 1670. The Morgan fingerprint density at radius 1 is 0.684 bits per heavy atom. The van der Waals surface area contributed by atoms with Crippen LogP contribution in [0.2, 0.25) is 0 Å². The maximum absolute atomic E-state index is 4.88. The van der Waals surface area contributed by atoms with Crippen molar-refractivity contribution in [3.8, 4) is 34.0 Å². The van der Waals surface area contributed by atoms with Crippen LogP contribution in [0.15, 0.2) is 115 Å². The summed E-state index contributed by atoms with van der Waals surface area (Å²) < 4.78 is 4.74. The second-order valence-electron chi connectivity index (χ2n) is 10.2. The molecule has 3 heterocycles. The van der Waals surface area contributed by atoms with E-state index >= 15 is 0 Å². The summed E-state index contributed by atoms with van der Waals surface area (Å²) in [5.74, 6) is 0.941. The van der Waals surface area contributed by atoms with Crippen molar-refractivity contribution in [2.75, 3.05) is 13.6 Å². The fraction of sp³-hybridized carbons (Fsp3) is 0.147. The van der Waals surface area contributed by atoms with Crippen LogP contribution >= 0.6 is 0 Å². The first-order chi connectivity index (χ1) is 18.7. The molecule has 0 aliphatic carbocycles. The van der Waals surface area contributed by atoms with Crippen LogP contribution in [0.4, 0.5) is 0 Å². The fourth-order valence-electron chi connectivity index (χ4n) is 5.96. The van der Waals surface area contributed by atoms with E-state index in [2.05, 4.69) is 131 Å². The van der Waals surface area contributed by atoms with E-state index in [1.807, 2.05) is 12.3 Å². The molecular formula is C34H30N4. The largest absolute Gasteiger partial charge is 0.312 e. The summed E-state index contributed by atoms with van der Waals surface area (Å²) in [6, 6.07) is 39.1. The highest BCUT2D eigenvalue weighted by Crippen LogP contribution is 2.39. The Kier molecular flexibility index (Phi) is 5.49. The molecule has 0 fully saturated rings. The Morgan fingerprint density at radius 3 is 2.00 bits per heavy atom. The van der Waals surface area contributed by atoms with Crippen molar-refractivity contribution in [3.63, 3.8) is 0 Å². The van der Waals surface area contributed by atoms with Crippen molar-refractivity contribution in [1.82, 2.24) is 19.0 Å². The highest BCUT2D eigenvalue weighted by molar-refractivity contribution is 5.88. The molecule has 7 rings (SSSR count). The number of hydrogen-bond acceptors (Lipinski definition) is 2. The van der Waals surface area contributed by atoms with Gasteiger partial charge in [-0.3, -0.25) is 9.47 Å². The van der Waals surface area contributed by atoms with E-state index in [0.717, 1.165) is 41.3 Å². The minimum atomic E-state index is 0.355. The van der Waals surface area contributed by atoms with Gasteiger partial charge in [0.1, 0.15) is 5.82 Å². The van der Waals surface area contributed by atoms with Crippen molar-refractivity contribution < 1.29 is 0 Å². The predicted molar refractivity (Wildman–Crippen MR) is 156 cm³/mol. The zero-order valence-corrected chi connectivity index (χ0v) is 21.8. The molecule has 186 valence electrons. The smallest absolute Gasteiger partial charge is 0.144 e. The average Bonchev–Trinajstić information content (AvgIpc) is 3.57. The molecular weight excluding hydrogens is 464 g/mol. The molecule has 1 aliphatic rings. The molecule has 0 radical (unpaired) electrons. The second-order valence-corrected chi connectivity index (χ2v) is 10.2. The first kappa shape index (κ1) is 22.8. The molecule has 0 bridgehead atoms. The zero-order valence-electron chi connectivity index (χ0n) is 21.8. The lowest BCUT2D eigenvalue weighted by molar-refractivity contribution is 0.241. The number of hydrogen-bond donors (Lipinski definition) is 0. The Morgan fingerprint density at radius 2 is 1.29 bits per heavy atom. The quantitative estimate of drug-likeness (QED) is 0.251. The van der Waals surface area contributed by atoms with E-state index in [1.165, 1.54) is 27.8 Å². The van der Waals surface area contributed by atoms with Gasteiger partial charge >= 0.3 is 0 Å². The van der Waals surface area contributed by atoms with Crippen molar-refractivity contribution in [2.45, 2.75) is 19.4 Å². The number of rotatable bonds is 4. The van der Waals surface area contributed by atoms with Gasteiger partial charge in [0.05, 0.1) is 17.4 Å². The summed E-state index contributed by atoms with van der Waals surface area (Å²) in [5, 5.41) is 1.37. The van der Waals surface area contributed by atoms with Crippen molar-refractivity contribution in [1.29, 1.82) is 0 Å². The van der Waals surface area contributed by atoms with E-state index in [1.54, 1.807) is 0 Å². The van der Waals surface area contributed by atoms with Gasteiger partial charge in [-0.15, -0.1) is 0 Å². The van der Waals surface area contributed by atoms with E-state index in [-0.39, 0.29) is 0 Å². The maximum atomic E-state index is 4.88. The van der Waals surface area contributed by atoms with Crippen LogP contribution in [0.1, 0.15) is 24.2 Å². The third-order valence-electron chi connectivity index (χ3n) is 8.02. The average molecular weight is 495 g/mol. The van der Waals surface area contributed by atoms with Gasteiger partial charge in [-0.05, 0) is 56.3 Å². The lowest BCUT2D eigenvalue weighted by atomic mass is 9.99. The van der Waals surface area contributed by atoms with Gasteiger partial charge < -0.3 is 4.57 Å². The molecule has 6 aromatic rings. The van der Waals surface area contributed by atoms with Crippen LogP contribution in [0, 0.1) is 0 Å². The molecule has 0 amide bonds. The first-order valence-electron chi connectivity index (χ1n) is 13.3. The van der Waals surface area contributed by atoms with Gasteiger partial charge in [0.2, 0.25) is 0 Å². The summed E-state index contributed by atoms with van der Waals surface area (Å²) in [5.41, 5.74) is 9.79. The standard InChI is InChI=1S/C34H30N4/c1-24-33-30(21-22-36(24)2)29-15-9-10-16-31(29)37(33)27-17-19-28(20-18-27)38-32(25-11-5-3-6-12-25)23-35-34(38)26-13-7-4-8-14-26/h3-20,23-24H,21-22H2,1-2H3. The summed E-state index contributed by atoms with van der Waals surface area (Å²) in [7, 11) is 2.23. The number of benzene rings is 4. The number of para-hydroxylation sites is 1. The first-order valence-corrected chi connectivity index (χ1v) is 13.3. The van der Waals surface area contributed by atoms with Gasteiger partial charge in [-0.2, -0.15) is 0 Å². The summed E-state index contributed by atoms with van der Waals surface area (Å²) in [6.45, 7) is 3.41. The van der Waals surface area contributed by atoms with E-state index in [0.29, 0.717) is 6.04 Å². The molecule has 0 saturated carbocycles. The van der Waals surface area contributed by atoms with Crippen LogP contribution in [0.3, 0.4) is 0 Å². The van der Waals surface area contributed by atoms with E-state index in [9.17, 15) is 0 Å². The Balaban J connectivity index is 1.40. The van der Waals surface area contributed by atoms with Gasteiger partial charge in [0, 0.05) is 46.2 Å². The summed E-state index contributed by atoms with van der Waals surface area (Å²) in [4.78, 5) is 7.33. The highest BCUT2D eigenvalue weighted by Gasteiger charge is 2.28. The fourth-order valence-corrected chi connectivity index (χ4v) is 5.96. The monoisotopic (exact) mass is 494 g/mol. The molecule has 4 heteroatoms.